The summed E-state index contributed by atoms with van der Waals surface area (Å²) in [5.41, 5.74) is 3.43. The minimum Gasteiger partial charge on any atom is -0.489 e. The highest BCUT2D eigenvalue weighted by Gasteiger charge is 2.61. The molecule has 5 rings (SSSR count). The fraction of sp³-hybridized carbons (Fsp3) is 0.594. The van der Waals surface area contributed by atoms with Crippen molar-refractivity contribution in [1.29, 1.82) is 0 Å². The van der Waals surface area contributed by atoms with Crippen molar-refractivity contribution in [3.05, 3.63) is 48.3 Å². The zero-order valence-electron chi connectivity index (χ0n) is 25.1. The number of aldehydes is 1. The Morgan fingerprint density at radius 2 is 1.93 bits per heavy atom. The molecule has 1 saturated carbocycles. The lowest BCUT2D eigenvalue weighted by Crippen LogP contribution is -2.59. The van der Waals surface area contributed by atoms with E-state index in [-0.39, 0.29) is 17.8 Å². The molecule has 3 fully saturated rings. The predicted molar refractivity (Wildman–Crippen MR) is 163 cm³/mol. The molecule has 3 aliphatic rings. The molecule has 1 radical (unpaired) electrons. The van der Waals surface area contributed by atoms with Crippen LogP contribution in [0, 0.1) is 0 Å². The van der Waals surface area contributed by atoms with E-state index in [4.69, 9.17) is 4.74 Å². The number of nitrogens with one attached hydrogen (secondary N) is 1. The number of benzene rings is 1. The van der Waals surface area contributed by atoms with E-state index in [1.54, 1.807) is 0 Å². The summed E-state index contributed by atoms with van der Waals surface area (Å²) in [7, 11) is 8.28. The Hall–Kier alpha value is -3.03. The van der Waals surface area contributed by atoms with Gasteiger partial charge in [-0.3, -0.25) is 4.79 Å². The maximum absolute atomic E-state index is 13.4. The Bertz CT molecular complexity index is 1150. The number of carbonyl (C=O) groups is 2. The van der Waals surface area contributed by atoms with Gasteiger partial charge in [0, 0.05) is 50.3 Å². The monoisotopic (exact) mass is 546 g/mol. The number of nitrogens with zero attached hydrogens (tertiary/aromatic N) is 3. The lowest BCUT2D eigenvalue weighted by atomic mass is 9.19. The van der Waals surface area contributed by atoms with Gasteiger partial charge in [-0.15, -0.1) is 0 Å². The molecule has 2 aliphatic heterocycles. The maximum Gasteiger partial charge on any atom is 0.218 e. The summed E-state index contributed by atoms with van der Waals surface area (Å²) < 4.78 is 8.18. The van der Waals surface area contributed by atoms with Crippen molar-refractivity contribution < 1.29 is 18.9 Å². The third-order valence-electron chi connectivity index (χ3n) is 8.71. The minimum atomic E-state index is -0.697. The molecule has 3 atom stereocenters. The number of hydrogen-bond acceptors (Lipinski definition) is 5. The fourth-order valence-corrected chi connectivity index (χ4v) is 6.58. The van der Waals surface area contributed by atoms with Crippen molar-refractivity contribution in [1.82, 2.24) is 5.32 Å². The number of pyridine rings is 1. The molecule has 1 N–H and O–H groups in total. The number of fused-ring (bicyclic) bond motifs is 2. The topological polar surface area (TPSA) is 65.8 Å². The summed E-state index contributed by atoms with van der Waals surface area (Å²) in [6.45, 7) is 6.48. The van der Waals surface area contributed by atoms with Crippen LogP contribution in [-0.4, -0.2) is 59.3 Å². The van der Waals surface area contributed by atoms with Gasteiger partial charge in [-0.1, -0.05) is 37.9 Å². The average molecular weight is 547 g/mol. The molecular formula is C32H47BN4O3+. The summed E-state index contributed by atoms with van der Waals surface area (Å²) in [5, 5.41) is 2.60. The van der Waals surface area contributed by atoms with Gasteiger partial charge in [0.05, 0.1) is 5.69 Å². The van der Waals surface area contributed by atoms with Crippen LogP contribution in [0.2, 0.25) is 10.6 Å². The van der Waals surface area contributed by atoms with Gasteiger partial charge in [0.1, 0.15) is 39.0 Å². The van der Waals surface area contributed by atoms with E-state index in [1.165, 1.54) is 30.5 Å². The number of rotatable bonds is 15. The van der Waals surface area contributed by atoms with Crippen LogP contribution in [0.15, 0.2) is 42.7 Å². The second-order valence-corrected chi connectivity index (χ2v) is 12.1. The van der Waals surface area contributed by atoms with Crippen LogP contribution in [0.1, 0.15) is 64.4 Å². The van der Waals surface area contributed by atoms with Crippen molar-refractivity contribution in [3.63, 3.8) is 0 Å². The number of unbranched alkanes of at least 4 members (excludes halogenated alkanes) is 2. The second-order valence-electron chi connectivity index (χ2n) is 12.1. The fourth-order valence-electron chi connectivity index (χ4n) is 6.58. The zero-order valence-corrected chi connectivity index (χ0v) is 25.1. The lowest BCUT2D eigenvalue weighted by molar-refractivity contribution is -0.671. The number of carbonyl (C=O) groups excluding carboxylic acids is 2. The van der Waals surface area contributed by atoms with Crippen LogP contribution >= 0.6 is 0 Å². The molecule has 2 bridgehead atoms. The standard InChI is InChI=1S/C32H46BN4O3/c1-6-8-9-17-37(7-2)27-11-12-29(28(20-27)35(3)4)40-23-26(22-38)34-30(39)32-16-10-15-31(24-32,33-32)21-25-13-18-36(5)19-14-25/h11-14,18-20,22,26H,6-10,15-17,21,23-24H2,1-5H3/p+1. The Morgan fingerprint density at radius 1 is 1.18 bits per heavy atom. The summed E-state index contributed by atoms with van der Waals surface area (Å²) in [6.07, 6.45) is 13.3. The van der Waals surface area contributed by atoms with Crippen molar-refractivity contribution >= 4 is 30.8 Å². The van der Waals surface area contributed by atoms with Crippen molar-refractivity contribution in [3.8, 4) is 5.75 Å². The van der Waals surface area contributed by atoms with Gasteiger partial charge in [0.2, 0.25) is 5.91 Å². The van der Waals surface area contributed by atoms with Crippen LogP contribution in [0.3, 0.4) is 0 Å². The highest BCUT2D eigenvalue weighted by Crippen LogP contribution is 2.68. The smallest absolute Gasteiger partial charge is 0.218 e. The number of aryl methyl sites for hydroxylation is 1. The Labute approximate surface area is 241 Å². The minimum absolute atomic E-state index is 0.0446. The highest BCUT2D eigenvalue weighted by molar-refractivity contribution is 6.55. The molecule has 1 aromatic heterocycles. The zero-order chi connectivity index (χ0) is 28.8. The molecule has 3 heterocycles. The molecule has 1 aliphatic carbocycles. The van der Waals surface area contributed by atoms with Crippen molar-refractivity contribution in [2.45, 2.75) is 81.9 Å². The SMILES string of the molecule is CCCCCN(CC)c1ccc(OCC(C=O)NC(=O)C23[B]C(Cc4cc[n+](C)cc4)(CCC2)C3)c(N(C)C)c1. The summed E-state index contributed by atoms with van der Waals surface area (Å²) in [5.74, 6) is 0.664. The van der Waals surface area contributed by atoms with Crippen molar-refractivity contribution in [2.24, 2.45) is 7.05 Å². The third kappa shape index (κ3) is 6.81. The first-order valence-electron chi connectivity index (χ1n) is 15.0. The molecule has 2 aromatic rings. The van der Waals surface area contributed by atoms with Gasteiger partial charge in [-0.25, -0.2) is 4.57 Å². The molecule has 1 aromatic carbocycles. The van der Waals surface area contributed by atoms with E-state index >= 15 is 0 Å². The largest absolute Gasteiger partial charge is 0.489 e. The average Bonchev–Trinajstić information content (AvgIpc) is 2.94. The van der Waals surface area contributed by atoms with Crippen LogP contribution in [-0.2, 0) is 23.1 Å². The molecule has 8 heteroatoms. The molecule has 3 unspecified atom stereocenters. The van der Waals surface area contributed by atoms with Gasteiger partial charge < -0.3 is 24.6 Å². The van der Waals surface area contributed by atoms with Crippen LogP contribution in [0.4, 0.5) is 11.4 Å². The Morgan fingerprint density at radius 3 is 2.58 bits per heavy atom. The predicted octanol–water partition coefficient (Wildman–Crippen LogP) is 4.51. The van der Waals surface area contributed by atoms with Crippen molar-refractivity contribution in [2.75, 3.05) is 43.6 Å². The van der Waals surface area contributed by atoms with Gasteiger partial charge >= 0.3 is 0 Å². The number of amides is 1. The van der Waals surface area contributed by atoms with Gasteiger partial charge in [-0.2, -0.15) is 0 Å². The Kier molecular flexibility index (Phi) is 9.80. The van der Waals surface area contributed by atoms with E-state index in [0.29, 0.717) is 5.75 Å². The normalized spacial score (nSPS) is 21.9. The summed E-state index contributed by atoms with van der Waals surface area (Å²) >= 11 is 0. The molecule has 0 spiro atoms. The van der Waals surface area contributed by atoms with E-state index in [2.05, 4.69) is 68.0 Å². The number of ether oxygens (including phenoxy) is 1. The van der Waals surface area contributed by atoms with Gasteiger partial charge in [0.25, 0.3) is 0 Å². The number of anilines is 2. The molecular weight excluding hydrogens is 499 g/mol. The quantitative estimate of drug-likeness (QED) is 0.154. The molecule has 1 amide bonds. The van der Waals surface area contributed by atoms with Crippen LogP contribution < -0.4 is 24.4 Å². The van der Waals surface area contributed by atoms with Crippen LogP contribution in [0.25, 0.3) is 0 Å². The molecule has 7 nitrogen and oxygen atoms in total. The Balaban J connectivity index is 1.36. The first kappa shape index (κ1) is 29.9. The summed E-state index contributed by atoms with van der Waals surface area (Å²) in [6, 6.07) is 9.85. The molecule has 2 saturated heterocycles. The molecule has 215 valence electrons. The first-order valence-corrected chi connectivity index (χ1v) is 15.0. The number of aromatic nitrogens is 1. The van der Waals surface area contributed by atoms with E-state index in [1.807, 2.05) is 36.7 Å². The summed E-state index contributed by atoms with van der Waals surface area (Å²) in [4.78, 5) is 29.9. The lowest BCUT2D eigenvalue weighted by Gasteiger charge is -2.59. The third-order valence-corrected chi connectivity index (χ3v) is 8.71. The first-order chi connectivity index (χ1) is 19.2. The second kappa shape index (κ2) is 13.1. The van der Waals surface area contributed by atoms with Crippen LogP contribution in [0.5, 0.6) is 5.75 Å². The molecule has 40 heavy (non-hydrogen) atoms. The van der Waals surface area contributed by atoms with Gasteiger partial charge in [-0.05, 0) is 56.4 Å². The van der Waals surface area contributed by atoms with E-state index < -0.39 is 11.4 Å². The number of hydrogen-bond donors (Lipinski definition) is 1. The highest BCUT2D eigenvalue weighted by atomic mass is 16.5. The van der Waals surface area contributed by atoms with E-state index in [0.717, 1.165) is 57.2 Å². The van der Waals surface area contributed by atoms with Gasteiger partial charge in [0.15, 0.2) is 12.4 Å². The van der Waals surface area contributed by atoms with E-state index in [9.17, 15) is 9.59 Å². The maximum atomic E-state index is 13.4.